The van der Waals surface area contributed by atoms with Crippen molar-refractivity contribution in [3.05, 3.63) is 38.0 Å². The van der Waals surface area contributed by atoms with E-state index in [1.165, 1.54) is 21.1 Å². The maximum Gasteiger partial charge on any atom is 0.320 e. The molecule has 3 saturated heterocycles. The number of amides is 1. The van der Waals surface area contributed by atoms with Gasteiger partial charge in [0.2, 0.25) is 0 Å². The van der Waals surface area contributed by atoms with E-state index in [2.05, 4.69) is 27.0 Å². The van der Waals surface area contributed by atoms with Crippen LogP contribution in [-0.2, 0) is 24.9 Å². The average molecular weight is 734 g/mol. The van der Waals surface area contributed by atoms with Gasteiger partial charge < -0.3 is 25.2 Å². The second-order valence-corrected chi connectivity index (χ2v) is 16.4. The first-order valence-corrected chi connectivity index (χ1v) is 18.9. The molecule has 4 aliphatic heterocycles. The second kappa shape index (κ2) is 12.8. The van der Waals surface area contributed by atoms with Gasteiger partial charge in [-0.15, -0.1) is 11.3 Å². The molecule has 1 spiro atoms. The lowest BCUT2D eigenvalue weighted by molar-refractivity contribution is 0.0821. The maximum absolute atomic E-state index is 14.7. The Morgan fingerprint density at radius 3 is 2.59 bits per heavy atom. The Labute approximate surface area is 305 Å². The molecule has 0 saturated carbocycles. The summed E-state index contributed by atoms with van der Waals surface area (Å²) in [5.74, 6) is 0.603. The van der Waals surface area contributed by atoms with Gasteiger partial charge in [-0.2, -0.15) is 25.6 Å². The molecule has 2 N–H and O–H groups in total. The number of hydrogen-bond acceptors (Lipinski definition) is 12. The number of nitrogens with two attached hydrogens (primary N) is 1. The number of carbonyl (C=O) groups excluding carboxylic acids is 1. The Balaban J connectivity index is 1.17. The molecule has 2 atom stereocenters. The molecule has 13 nitrogen and oxygen atoms in total. The molecule has 1 amide bonds. The molecule has 268 valence electrons. The topological polar surface area (TPSA) is 156 Å². The number of aromatic nitrogens is 4. The molecule has 0 aromatic carbocycles. The van der Waals surface area contributed by atoms with Crippen LogP contribution in [0, 0.1) is 22.7 Å². The van der Waals surface area contributed by atoms with E-state index in [1.807, 2.05) is 4.90 Å². The molecule has 1 aliphatic carbocycles. The number of nitrogens with zero attached hydrogens (tertiary/aromatic N) is 10. The van der Waals surface area contributed by atoms with E-state index < -0.39 is 11.7 Å². The van der Waals surface area contributed by atoms with Gasteiger partial charge in [0.15, 0.2) is 17.3 Å². The first-order chi connectivity index (χ1) is 24.6. The van der Waals surface area contributed by atoms with E-state index in [1.54, 1.807) is 18.8 Å². The van der Waals surface area contributed by atoms with Gasteiger partial charge in [0.05, 0.1) is 28.4 Å². The molecule has 3 aromatic rings. The summed E-state index contributed by atoms with van der Waals surface area (Å²) in [6.45, 7) is 4.01. The smallest absolute Gasteiger partial charge is 0.320 e. The van der Waals surface area contributed by atoms with Crippen LogP contribution in [0.15, 0.2) is 0 Å². The summed E-state index contributed by atoms with van der Waals surface area (Å²) in [5.41, 5.74) is 8.49. The maximum atomic E-state index is 14.7. The number of thiophene rings is 1. The van der Waals surface area contributed by atoms with Gasteiger partial charge in [0, 0.05) is 63.5 Å². The zero-order valence-corrected chi connectivity index (χ0v) is 30.5. The van der Waals surface area contributed by atoms with Crippen molar-refractivity contribution in [1.29, 1.82) is 10.5 Å². The first kappa shape index (κ1) is 33.9. The van der Waals surface area contributed by atoms with Crippen LogP contribution in [0.3, 0.4) is 0 Å². The van der Waals surface area contributed by atoms with Crippen LogP contribution in [0.1, 0.15) is 82.7 Å². The number of anilines is 3. The quantitative estimate of drug-likeness (QED) is 0.386. The third-order valence-electron chi connectivity index (χ3n) is 11.5. The van der Waals surface area contributed by atoms with Gasteiger partial charge in [0.25, 0.3) is 5.91 Å². The highest BCUT2D eigenvalue weighted by Crippen LogP contribution is 2.51. The lowest BCUT2D eigenvalue weighted by Crippen LogP contribution is -2.60. The van der Waals surface area contributed by atoms with Crippen LogP contribution in [0.5, 0.6) is 6.01 Å². The summed E-state index contributed by atoms with van der Waals surface area (Å²) in [6.07, 6.45) is 5.89. The average Bonchev–Trinajstić information content (AvgIpc) is 3.72. The van der Waals surface area contributed by atoms with Crippen molar-refractivity contribution >= 4 is 45.5 Å². The minimum Gasteiger partial charge on any atom is -0.461 e. The molecule has 0 unspecified atom stereocenters. The van der Waals surface area contributed by atoms with E-state index in [9.17, 15) is 19.7 Å². The lowest BCUT2D eigenvalue weighted by atomic mass is 9.70. The summed E-state index contributed by atoms with van der Waals surface area (Å²) in [4.78, 5) is 31.6. The number of ether oxygens (including phenoxy) is 1. The van der Waals surface area contributed by atoms with Crippen molar-refractivity contribution in [2.24, 2.45) is 0 Å². The standard InChI is InChI=1S/C35H41ClFN11O2S/c1-44(2)32(49)28-27(36)24-17-45(10-6-12-48(24)43-28)30-23(15-39)31(42-33(41-30)50-20-35-9-5-11-47(35)16-21(37)13-35)46-18-34(19-46)8-4-3-7-25-26(34)22(14-38)29(40)51-25/h21H,3-13,16-20,40H2,1-2H3/t21-,35+/m1/s1. The van der Waals surface area contributed by atoms with Crippen molar-refractivity contribution in [2.75, 3.05) is 69.0 Å². The van der Waals surface area contributed by atoms with Crippen LogP contribution in [0.25, 0.3) is 0 Å². The number of nitriles is 2. The van der Waals surface area contributed by atoms with Crippen LogP contribution in [0.2, 0.25) is 5.02 Å². The molecule has 0 radical (unpaired) electrons. The van der Waals surface area contributed by atoms with Gasteiger partial charge >= 0.3 is 6.01 Å². The summed E-state index contributed by atoms with van der Waals surface area (Å²) in [6, 6.07) is 4.93. The fraction of sp³-hybridized carbons (Fsp3) is 0.600. The van der Waals surface area contributed by atoms with Crippen LogP contribution in [0.4, 0.5) is 21.0 Å². The van der Waals surface area contributed by atoms with E-state index >= 15 is 0 Å². The highest BCUT2D eigenvalue weighted by Gasteiger charge is 2.51. The van der Waals surface area contributed by atoms with Gasteiger partial charge in [0.1, 0.15) is 35.5 Å². The monoisotopic (exact) mass is 733 g/mol. The molecule has 0 bridgehead atoms. The fourth-order valence-corrected chi connectivity index (χ4v) is 10.5. The van der Waals surface area contributed by atoms with Gasteiger partial charge in [-0.25, -0.2) is 4.39 Å². The Bertz CT molecular complexity index is 1980. The molecule has 3 aromatic heterocycles. The minimum absolute atomic E-state index is 0.134. The predicted octanol–water partition coefficient (Wildman–Crippen LogP) is 4.27. The first-order valence-electron chi connectivity index (χ1n) is 17.7. The van der Waals surface area contributed by atoms with Crippen molar-refractivity contribution in [2.45, 2.75) is 81.6 Å². The molecule has 7 heterocycles. The number of hydrogen-bond donors (Lipinski definition) is 1. The normalized spacial score (nSPS) is 23.8. The van der Waals surface area contributed by atoms with Crippen molar-refractivity contribution in [3.63, 3.8) is 0 Å². The van der Waals surface area contributed by atoms with E-state index in [0.717, 1.165) is 50.6 Å². The third kappa shape index (κ3) is 5.56. The van der Waals surface area contributed by atoms with Crippen LogP contribution < -0.4 is 20.3 Å². The number of fused-ring (bicyclic) bond motifs is 4. The molecule has 16 heteroatoms. The number of aryl methyl sites for hydroxylation is 2. The lowest BCUT2D eigenvalue weighted by Gasteiger charge is -2.51. The van der Waals surface area contributed by atoms with E-state index in [-0.39, 0.29) is 41.2 Å². The molecule has 5 aliphatic rings. The molecule has 3 fully saturated rings. The number of carbonyl (C=O) groups is 1. The van der Waals surface area contributed by atoms with Gasteiger partial charge in [-0.3, -0.25) is 14.4 Å². The number of nitrogen functional groups attached to an aromatic ring is 1. The fourth-order valence-electron chi connectivity index (χ4n) is 9.07. The second-order valence-electron chi connectivity index (χ2n) is 14.9. The number of alkyl halides is 1. The van der Waals surface area contributed by atoms with Crippen LogP contribution >= 0.6 is 22.9 Å². The zero-order valence-electron chi connectivity index (χ0n) is 28.9. The number of rotatable bonds is 6. The summed E-state index contributed by atoms with van der Waals surface area (Å²) in [5, 5.41) is 26.3. The minimum atomic E-state index is -0.899. The Morgan fingerprint density at radius 2 is 1.84 bits per heavy atom. The highest BCUT2D eigenvalue weighted by molar-refractivity contribution is 7.16. The predicted molar refractivity (Wildman–Crippen MR) is 191 cm³/mol. The molecule has 51 heavy (non-hydrogen) atoms. The summed E-state index contributed by atoms with van der Waals surface area (Å²) >= 11 is 8.34. The molecular weight excluding hydrogens is 693 g/mol. The van der Waals surface area contributed by atoms with Gasteiger partial charge in [-0.1, -0.05) is 18.0 Å². The van der Waals surface area contributed by atoms with Crippen LogP contribution in [-0.4, -0.2) is 101 Å². The summed E-state index contributed by atoms with van der Waals surface area (Å²) in [7, 11) is 3.32. The van der Waals surface area contributed by atoms with Crippen molar-refractivity contribution < 1.29 is 13.9 Å². The van der Waals surface area contributed by atoms with E-state index in [4.69, 9.17) is 32.0 Å². The Kier molecular flexibility index (Phi) is 8.51. The molecule has 8 rings (SSSR count). The highest BCUT2D eigenvalue weighted by atomic mass is 35.5. The van der Waals surface area contributed by atoms with E-state index in [0.29, 0.717) is 79.0 Å². The Hall–Kier alpha value is -4.18. The SMILES string of the molecule is CN(C)C(=O)c1nn2c(c1Cl)CN(c1nc(OC[C@@]34CCCN3C[C@H](F)C4)nc(N3CC4(CCCCc5sc(N)c(C#N)c54)C3)c1C#N)CCC2. The van der Waals surface area contributed by atoms with Gasteiger partial charge in [-0.05, 0) is 50.6 Å². The summed E-state index contributed by atoms with van der Waals surface area (Å²) < 4.78 is 22.8. The Morgan fingerprint density at radius 1 is 1.08 bits per heavy atom. The zero-order chi connectivity index (χ0) is 35.7. The third-order valence-corrected chi connectivity index (χ3v) is 13.0. The van der Waals surface area contributed by atoms with Crippen molar-refractivity contribution in [3.8, 4) is 18.1 Å². The molecular formula is C35H41ClFN11O2S. The number of halogens is 2. The largest absolute Gasteiger partial charge is 0.461 e. The van der Waals surface area contributed by atoms with Crippen molar-refractivity contribution in [1.82, 2.24) is 29.5 Å².